The molecule has 0 saturated heterocycles. The lowest BCUT2D eigenvalue weighted by molar-refractivity contribution is 0.492. The molecule has 2 aromatic heterocycles. The summed E-state index contributed by atoms with van der Waals surface area (Å²) in [4.78, 5) is 4.04. The topological polar surface area (TPSA) is 53.6 Å². The second-order valence-electron chi connectivity index (χ2n) is 4.84. The first-order valence-corrected chi connectivity index (χ1v) is 6.82. The number of aromatic amines is 1. The average Bonchev–Trinajstić information content (AvgIpc) is 3.01. The highest BCUT2D eigenvalue weighted by atomic mass is 19.2. The fourth-order valence-corrected chi connectivity index (χ4v) is 2.13. The van der Waals surface area contributed by atoms with Crippen molar-refractivity contribution < 1.29 is 8.78 Å². The molecule has 6 heteroatoms. The van der Waals surface area contributed by atoms with Gasteiger partial charge in [0.15, 0.2) is 11.6 Å². The van der Waals surface area contributed by atoms with Crippen molar-refractivity contribution in [1.82, 2.24) is 20.5 Å². The second kappa shape index (κ2) is 6.44. The van der Waals surface area contributed by atoms with E-state index in [1.165, 1.54) is 6.07 Å². The van der Waals surface area contributed by atoms with E-state index in [1.54, 1.807) is 18.5 Å². The van der Waals surface area contributed by atoms with Crippen molar-refractivity contribution in [2.75, 3.05) is 0 Å². The number of pyridine rings is 1. The van der Waals surface area contributed by atoms with Gasteiger partial charge in [0.25, 0.3) is 0 Å². The zero-order valence-corrected chi connectivity index (χ0v) is 11.7. The Kier molecular flexibility index (Phi) is 4.20. The van der Waals surface area contributed by atoms with Crippen LogP contribution >= 0.6 is 0 Å². The Labute approximate surface area is 126 Å². The quantitative estimate of drug-likeness (QED) is 0.761. The van der Waals surface area contributed by atoms with Crippen LogP contribution in [-0.2, 0) is 13.1 Å². The van der Waals surface area contributed by atoms with Gasteiger partial charge in [-0.2, -0.15) is 5.10 Å². The Morgan fingerprint density at radius 3 is 2.82 bits per heavy atom. The van der Waals surface area contributed by atoms with Crippen molar-refractivity contribution >= 4 is 0 Å². The first-order chi connectivity index (χ1) is 10.7. The molecule has 0 unspecified atom stereocenters. The average molecular weight is 300 g/mol. The highest BCUT2D eigenvalue weighted by Crippen LogP contribution is 2.16. The smallest absolute Gasteiger partial charge is 0.163 e. The molecular weight excluding hydrogens is 286 g/mol. The number of hydrogen-bond acceptors (Lipinski definition) is 3. The van der Waals surface area contributed by atoms with Crippen LogP contribution in [0.5, 0.6) is 0 Å². The molecule has 1 aromatic carbocycles. The number of H-pyrrole nitrogens is 1. The summed E-state index contributed by atoms with van der Waals surface area (Å²) in [5.41, 5.74) is 2.87. The van der Waals surface area contributed by atoms with Crippen LogP contribution in [0.25, 0.3) is 11.3 Å². The number of halogens is 2. The van der Waals surface area contributed by atoms with Gasteiger partial charge in [0.05, 0.1) is 5.69 Å². The van der Waals surface area contributed by atoms with E-state index in [0.29, 0.717) is 12.1 Å². The largest absolute Gasteiger partial charge is 0.307 e. The maximum Gasteiger partial charge on any atom is 0.163 e. The molecule has 0 bridgehead atoms. The molecule has 0 saturated carbocycles. The molecule has 4 nitrogen and oxygen atoms in total. The van der Waals surface area contributed by atoms with Crippen LogP contribution in [0.15, 0.2) is 48.8 Å². The number of aromatic nitrogens is 3. The lowest BCUT2D eigenvalue weighted by Crippen LogP contribution is -2.14. The van der Waals surface area contributed by atoms with Crippen LogP contribution in [0.2, 0.25) is 0 Å². The van der Waals surface area contributed by atoms with Gasteiger partial charge in [-0.15, -0.1) is 0 Å². The summed E-state index contributed by atoms with van der Waals surface area (Å²) in [5.74, 6) is -1.64. The molecule has 0 radical (unpaired) electrons. The lowest BCUT2D eigenvalue weighted by atomic mass is 10.2. The van der Waals surface area contributed by atoms with E-state index in [1.807, 2.05) is 18.2 Å². The van der Waals surface area contributed by atoms with Gasteiger partial charge in [-0.1, -0.05) is 12.1 Å². The van der Waals surface area contributed by atoms with Crippen LogP contribution in [0.1, 0.15) is 11.3 Å². The minimum absolute atomic E-state index is 0.241. The van der Waals surface area contributed by atoms with Gasteiger partial charge in [0, 0.05) is 42.3 Å². The minimum atomic E-state index is -0.834. The van der Waals surface area contributed by atoms with Crippen LogP contribution in [0, 0.1) is 11.6 Å². The summed E-state index contributed by atoms with van der Waals surface area (Å²) in [5, 5.41) is 10.2. The summed E-state index contributed by atoms with van der Waals surface area (Å²) >= 11 is 0. The fourth-order valence-electron chi connectivity index (χ4n) is 2.13. The molecule has 112 valence electrons. The van der Waals surface area contributed by atoms with Crippen LogP contribution in [0.3, 0.4) is 0 Å². The van der Waals surface area contributed by atoms with Gasteiger partial charge in [-0.05, 0) is 24.3 Å². The normalized spacial score (nSPS) is 10.8. The van der Waals surface area contributed by atoms with E-state index in [4.69, 9.17) is 0 Å². The Morgan fingerprint density at radius 2 is 2.00 bits per heavy atom. The molecule has 0 spiro atoms. The number of nitrogens with one attached hydrogen (secondary N) is 2. The van der Waals surface area contributed by atoms with Crippen molar-refractivity contribution in [2.45, 2.75) is 13.1 Å². The first kappa shape index (κ1) is 14.3. The summed E-state index contributed by atoms with van der Waals surface area (Å²) < 4.78 is 26.6. The van der Waals surface area contributed by atoms with Crippen molar-refractivity contribution in [3.8, 4) is 11.3 Å². The van der Waals surface area contributed by atoms with E-state index in [-0.39, 0.29) is 6.54 Å². The number of hydrogen-bond donors (Lipinski definition) is 2. The third kappa shape index (κ3) is 3.17. The SMILES string of the molecule is Fc1cccc(CNCc2cc(-c3cccnc3)n[nH]2)c1F. The van der Waals surface area contributed by atoms with E-state index in [9.17, 15) is 8.78 Å². The van der Waals surface area contributed by atoms with Gasteiger partial charge < -0.3 is 5.32 Å². The molecular formula is C16H14F2N4. The third-order valence-electron chi connectivity index (χ3n) is 3.25. The monoisotopic (exact) mass is 300 g/mol. The zero-order chi connectivity index (χ0) is 15.4. The Hall–Kier alpha value is -2.60. The van der Waals surface area contributed by atoms with E-state index in [0.717, 1.165) is 23.0 Å². The molecule has 0 amide bonds. The maximum absolute atomic E-state index is 13.5. The summed E-state index contributed by atoms with van der Waals surface area (Å²) in [6, 6.07) is 9.81. The molecule has 0 atom stereocenters. The van der Waals surface area contributed by atoms with Crippen LogP contribution in [0.4, 0.5) is 8.78 Å². The predicted molar refractivity (Wildman–Crippen MR) is 78.7 cm³/mol. The van der Waals surface area contributed by atoms with Crippen molar-refractivity contribution in [3.05, 3.63) is 71.7 Å². The van der Waals surface area contributed by atoms with Gasteiger partial charge in [-0.25, -0.2) is 8.78 Å². The van der Waals surface area contributed by atoms with E-state index in [2.05, 4.69) is 20.5 Å². The van der Waals surface area contributed by atoms with Crippen molar-refractivity contribution in [1.29, 1.82) is 0 Å². The summed E-state index contributed by atoms with van der Waals surface area (Å²) in [6.07, 6.45) is 3.43. The van der Waals surface area contributed by atoms with Gasteiger partial charge >= 0.3 is 0 Å². The number of nitrogens with zero attached hydrogens (tertiary/aromatic N) is 2. The number of benzene rings is 1. The fraction of sp³-hybridized carbons (Fsp3) is 0.125. The summed E-state index contributed by atoms with van der Waals surface area (Å²) in [7, 11) is 0. The minimum Gasteiger partial charge on any atom is -0.307 e. The zero-order valence-electron chi connectivity index (χ0n) is 11.7. The molecule has 0 aliphatic carbocycles. The molecule has 0 aliphatic rings. The highest BCUT2D eigenvalue weighted by molar-refractivity contribution is 5.57. The Bertz CT molecular complexity index is 756. The standard InChI is InChI=1S/C16H14F2N4/c17-14-5-1-3-12(16(14)18)9-20-10-13-7-15(22-21-13)11-4-2-6-19-8-11/h1-8,20H,9-10H2,(H,21,22). The summed E-state index contributed by atoms with van der Waals surface area (Å²) in [6.45, 7) is 0.716. The van der Waals surface area contributed by atoms with E-state index < -0.39 is 11.6 Å². The van der Waals surface area contributed by atoms with E-state index >= 15 is 0 Å². The molecule has 3 aromatic rings. The first-order valence-electron chi connectivity index (χ1n) is 6.82. The molecule has 2 N–H and O–H groups in total. The molecule has 0 aliphatic heterocycles. The highest BCUT2D eigenvalue weighted by Gasteiger charge is 2.08. The van der Waals surface area contributed by atoms with Crippen LogP contribution < -0.4 is 5.32 Å². The Balaban J connectivity index is 1.61. The second-order valence-corrected chi connectivity index (χ2v) is 4.84. The molecule has 0 fully saturated rings. The Morgan fingerprint density at radius 1 is 1.09 bits per heavy atom. The third-order valence-corrected chi connectivity index (χ3v) is 3.25. The van der Waals surface area contributed by atoms with Crippen LogP contribution in [-0.4, -0.2) is 15.2 Å². The van der Waals surface area contributed by atoms with Gasteiger partial charge in [-0.3, -0.25) is 10.1 Å². The van der Waals surface area contributed by atoms with Crippen molar-refractivity contribution in [2.24, 2.45) is 0 Å². The van der Waals surface area contributed by atoms with Gasteiger partial charge in [0.1, 0.15) is 0 Å². The predicted octanol–water partition coefficient (Wildman–Crippen LogP) is 3.04. The maximum atomic E-state index is 13.5. The van der Waals surface area contributed by atoms with Crippen molar-refractivity contribution in [3.63, 3.8) is 0 Å². The molecule has 2 heterocycles. The molecule has 22 heavy (non-hydrogen) atoms. The molecule has 3 rings (SSSR count). The lowest BCUT2D eigenvalue weighted by Gasteiger charge is -2.05. The van der Waals surface area contributed by atoms with Gasteiger partial charge in [0.2, 0.25) is 0 Å². The number of rotatable bonds is 5.